The van der Waals surface area contributed by atoms with Crippen LogP contribution >= 0.6 is 11.3 Å². The monoisotopic (exact) mass is 477 g/mol. The van der Waals surface area contributed by atoms with Crippen LogP contribution in [0.15, 0.2) is 64.9 Å². The molecule has 1 aliphatic heterocycles. The number of hydrogen-bond donors (Lipinski definition) is 1. The Morgan fingerprint density at radius 2 is 1.50 bits per heavy atom. The normalized spacial score (nSPS) is 15.0. The molecule has 2 heterocycles. The Kier molecular flexibility index (Phi) is 6.54. The number of sulfonamides is 1. The zero-order valence-electron chi connectivity index (χ0n) is 17.0. The van der Waals surface area contributed by atoms with E-state index in [9.17, 15) is 22.0 Å². The molecule has 1 N–H and O–H groups in total. The molecular weight excluding hydrogens is 456 g/mol. The molecule has 1 amide bonds. The Balaban J connectivity index is 1.42. The van der Waals surface area contributed by atoms with Crippen molar-refractivity contribution in [2.75, 3.05) is 31.1 Å². The number of thiophene rings is 1. The van der Waals surface area contributed by atoms with Gasteiger partial charge in [0.1, 0.15) is 21.4 Å². The van der Waals surface area contributed by atoms with Gasteiger partial charge in [0.15, 0.2) is 0 Å². The van der Waals surface area contributed by atoms with E-state index >= 15 is 0 Å². The van der Waals surface area contributed by atoms with Gasteiger partial charge in [-0.2, -0.15) is 4.31 Å². The molecular formula is C22H21F2N3O3S2. The third kappa shape index (κ3) is 4.82. The van der Waals surface area contributed by atoms with Crippen molar-refractivity contribution >= 4 is 33.0 Å². The standard InChI is InChI=1S/C22H21F2N3O3S2/c23-17-3-1-16(2-4-17)15-25-22(28)21-20(9-14-31-21)32(29,30)27-12-10-26(11-13-27)19-7-5-18(24)6-8-19/h1-9,14H,10-13,15H2,(H,25,28). The molecule has 1 aromatic heterocycles. The molecule has 2 aromatic carbocycles. The van der Waals surface area contributed by atoms with Crippen LogP contribution < -0.4 is 10.2 Å². The van der Waals surface area contributed by atoms with Crippen molar-refractivity contribution in [3.63, 3.8) is 0 Å². The Morgan fingerprint density at radius 1 is 0.906 bits per heavy atom. The maximum absolute atomic E-state index is 13.2. The lowest BCUT2D eigenvalue weighted by Gasteiger charge is -2.35. The first kappa shape index (κ1) is 22.4. The largest absolute Gasteiger partial charge is 0.369 e. The molecule has 4 rings (SSSR count). The smallest absolute Gasteiger partial charge is 0.263 e. The molecule has 0 aliphatic carbocycles. The predicted molar refractivity (Wildman–Crippen MR) is 119 cm³/mol. The van der Waals surface area contributed by atoms with Crippen molar-refractivity contribution in [2.45, 2.75) is 11.4 Å². The summed E-state index contributed by atoms with van der Waals surface area (Å²) in [5, 5.41) is 4.27. The van der Waals surface area contributed by atoms with Crippen molar-refractivity contribution in [3.05, 3.63) is 82.1 Å². The molecule has 1 saturated heterocycles. The molecule has 0 spiro atoms. The molecule has 1 fully saturated rings. The van der Waals surface area contributed by atoms with Crippen molar-refractivity contribution in [1.82, 2.24) is 9.62 Å². The Labute approximate surface area is 189 Å². The Hall–Kier alpha value is -2.82. The van der Waals surface area contributed by atoms with E-state index in [1.165, 1.54) is 34.6 Å². The number of piperazine rings is 1. The van der Waals surface area contributed by atoms with Gasteiger partial charge in [-0.1, -0.05) is 12.1 Å². The molecule has 3 aromatic rings. The fraction of sp³-hybridized carbons (Fsp3) is 0.227. The lowest BCUT2D eigenvalue weighted by Crippen LogP contribution is -2.48. The topological polar surface area (TPSA) is 69.7 Å². The second-order valence-corrected chi connectivity index (χ2v) is 10.1. The number of nitrogens with one attached hydrogen (secondary N) is 1. The van der Waals surface area contributed by atoms with Gasteiger partial charge in [-0.3, -0.25) is 4.79 Å². The van der Waals surface area contributed by atoms with Gasteiger partial charge >= 0.3 is 0 Å². The average molecular weight is 478 g/mol. The first-order valence-electron chi connectivity index (χ1n) is 9.95. The van der Waals surface area contributed by atoms with E-state index in [-0.39, 0.29) is 41.0 Å². The molecule has 0 atom stereocenters. The number of amides is 1. The molecule has 6 nitrogen and oxygen atoms in total. The van der Waals surface area contributed by atoms with Gasteiger partial charge in [-0.15, -0.1) is 11.3 Å². The summed E-state index contributed by atoms with van der Waals surface area (Å²) >= 11 is 1.06. The molecule has 0 unspecified atom stereocenters. The first-order chi connectivity index (χ1) is 15.3. The highest BCUT2D eigenvalue weighted by Gasteiger charge is 2.32. The van der Waals surface area contributed by atoms with Crippen molar-refractivity contribution in [2.24, 2.45) is 0 Å². The summed E-state index contributed by atoms with van der Waals surface area (Å²) in [4.78, 5) is 14.8. The molecule has 32 heavy (non-hydrogen) atoms. The van der Waals surface area contributed by atoms with Crippen molar-refractivity contribution in [1.29, 1.82) is 0 Å². The number of rotatable bonds is 6. The maximum atomic E-state index is 13.2. The summed E-state index contributed by atoms with van der Waals surface area (Å²) in [6, 6.07) is 13.2. The van der Waals surface area contributed by atoms with Gasteiger partial charge in [0.25, 0.3) is 5.91 Å². The van der Waals surface area contributed by atoms with E-state index in [1.54, 1.807) is 29.6 Å². The zero-order chi connectivity index (χ0) is 22.7. The second kappa shape index (κ2) is 9.35. The Morgan fingerprint density at radius 3 is 2.12 bits per heavy atom. The van der Waals surface area contributed by atoms with Crippen LogP contribution in [-0.4, -0.2) is 44.8 Å². The minimum absolute atomic E-state index is 0.0191. The first-order valence-corrected chi connectivity index (χ1v) is 12.3. The van der Waals surface area contributed by atoms with Gasteiger partial charge in [-0.05, 0) is 53.4 Å². The highest BCUT2D eigenvalue weighted by atomic mass is 32.2. The van der Waals surface area contributed by atoms with Gasteiger partial charge in [-0.25, -0.2) is 17.2 Å². The van der Waals surface area contributed by atoms with E-state index in [2.05, 4.69) is 5.32 Å². The maximum Gasteiger partial charge on any atom is 0.263 e. The number of carbonyl (C=O) groups excluding carboxylic acids is 1. The summed E-state index contributed by atoms with van der Waals surface area (Å²) in [7, 11) is -3.85. The minimum atomic E-state index is -3.85. The average Bonchev–Trinajstić information content (AvgIpc) is 3.30. The lowest BCUT2D eigenvalue weighted by molar-refractivity contribution is 0.0952. The summed E-state index contributed by atoms with van der Waals surface area (Å²) in [6.45, 7) is 1.59. The SMILES string of the molecule is O=C(NCc1ccc(F)cc1)c1sccc1S(=O)(=O)N1CCN(c2ccc(F)cc2)CC1. The van der Waals surface area contributed by atoms with E-state index in [0.29, 0.717) is 18.7 Å². The van der Waals surface area contributed by atoms with Crippen molar-refractivity contribution < 1.29 is 22.0 Å². The summed E-state index contributed by atoms with van der Waals surface area (Å²) in [6.07, 6.45) is 0. The van der Waals surface area contributed by atoms with Crippen molar-refractivity contribution in [3.8, 4) is 0 Å². The van der Waals surface area contributed by atoms with Crippen LogP contribution in [0.1, 0.15) is 15.2 Å². The minimum Gasteiger partial charge on any atom is -0.369 e. The highest BCUT2D eigenvalue weighted by molar-refractivity contribution is 7.89. The third-order valence-electron chi connectivity index (χ3n) is 5.25. The molecule has 0 radical (unpaired) electrons. The molecule has 10 heteroatoms. The zero-order valence-corrected chi connectivity index (χ0v) is 18.6. The van der Waals surface area contributed by atoms with Crippen LogP contribution in [0.4, 0.5) is 14.5 Å². The molecule has 168 valence electrons. The number of halogens is 2. The van der Waals surface area contributed by atoms with Gasteiger partial charge in [0.2, 0.25) is 10.0 Å². The lowest BCUT2D eigenvalue weighted by atomic mass is 10.2. The molecule has 1 aliphatic rings. The number of benzene rings is 2. The quantitative estimate of drug-likeness (QED) is 0.590. The summed E-state index contributed by atoms with van der Waals surface area (Å²) in [5.41, 5.74) is 1.54. The Bertz CT molecular complexity index is 1190. The van der Waals surface area contributed by atoms with Gasteiger partial charge in [0, 0.05) is 38.4 Å². The van der Waals surface area contributed by atoms with Crippen LogP contribution in [0.2, 0.25) is 0 Å². The molecule has 0 saturated carbocycles. The number of nitrogens with zero attached hydrogens (tertiary/aromatic N) is 2. The summed E-state index contributed by atoms with van der Waals surface area (Å²) in [5.74, 6) is -1.18. The van der Waals surface area contributed by atoms with Crippen LogP contribution in [-0.2, 0) is 16.6 Å². The third-order valence-corrected chi connectivity index (χ3v) is 8.23. The summed E-state index contributed by atoms with van der Waals surface area (Å²) < 4.78 is 54.0. The van der Waals surface area contributed by atoms with Crippen LogP contribution in [0.3, 0.4) is 0 Å². The molecule has 0 bridgehead atoms. The van der Waals surface area contributed by atoms with Gasteiger partial charge < -0.3 is 10.2 Å². The van der Waals surface area contributed by atoms with E-state index in [1.807, 2.05) is 4.90 Å². The van der Waals surface area contributed by atoms with Crippen LogP contribution in [0.25, 0.3) is 0 Å². The van der Waals surface area contributed by atoms with E-state index < -0.39 is 15.9 Å². The highest BCUT2D eigenvalue weighted by Crippen LogP contribution is 2.27. The number of carbonyl (C=O) groups is 1. The predicted octanol–water partition coefficient (Wildman–Crippen LogP) is 3.47. The van der Waals surface area contributed by atoms with Crippen LogP contribution in [0, 0.1) is 11.6 Å². The number of hydrogen-bond acceptors (Lipinski definition) is 5. The fourth-order valence-corrected chi connectivity index (χ4v) is 6.25. The number of anilines is 1. The fourth-order valence-electron chi connectivity index (χ4n) is 3.51. The van der Waals surface area contributed by atoms with E-state index in [4.69, 9.17) is 0 Å². The van der Waals surface area contributed by atoms with E-state index in [0.717, 1.165) is 17.0 Å². The van der Waals surface area contributed by atoms with Gasteiger partial charge in [0.05, 0.1) is 0 Å². The second-order valence-electron chi connectivity index (χ2n) is 7.29. The van der Waals surface area contributed by atoms with Crippen LogP contribution in [0.5, 0.6) is 0 Å².